The third kappa shape index (κ3) is 1.64. The van der Waals surface area contributed by atoms with Crippen molar-refractivity contribution in [3.8, 4) is 0 Å². The number of hydrogen-bond donors (Lipinski definition) is 1. The van der Waals surface area contributed by atoms with Crippen LogP contribution in [0.4, 0.5) is 0 Å². The molecule has 0 spiro atoms. The van der Waals surface area contributed by atoms with Gasteiger partial charge >= 0.3 is 0 Å². The molecule has 2 fully saturated rings. The van der Waals surface area contributed by atoms with Gasteiger partial charge in [-0.2, -0.15) is 0 Å². The van der Waals surface area contributed by atoms with E-state index in [2.05, 4.69) is 17.1 Å². The molecule has 2 unspecified atom stereocenters. The van der Waals surface area contributed by atoms with E-state index in [4.69, 9.17) is 0 Å². The lowest BCUT2D eigenvalue weighted by Crippen LogP contribution is -2.26. The zero-order valence-electron chi connectivity index (χ0n) is 8.05. The third-order valence-corrected chi connectivity index (χ3v) is 3.29. The van der Waals surface area contributed by atoms with Gasteiger partial charge in [-0.05, 0) is 37.9 Å². The van der Waals surface area contributed by atoms with E-state index in [0.29, 0.717) is 0 Å². The van der Waals surface area contributed by atoms with Crippen molar-refractivity contribution in [3.05, 3.63) is 0 Å². The van der Waals surface area contributed by atoms with Crippen molar-refractivity contribution in [3.63, 3.8) is 0 Å². The average Bonchev–Trinajstić information content (AvgIpc) is 2.58. The van der Waals surface area contributed by atoms with E-state index in [9.17, 15) is 0 Å². The minimum absolute atomic E-state index is 0.974. The number of nitrogens with zero attached hydrogens (tertiary/aromatic N) is 1. The molecule has 0 bridgehead atoms. The van der Waals surface area contributed by atoms with E-state index in [1.54, 1.807) is 0 Å². The van der Waals surface area contributed by atoms with Crippen LogP contribution in [0, 0.1) is 11.8 Å². The number of nitrogens with one attached hydrogen (secondary N) is 1. The van der Waals surface area contributed by atoms with Gasteiger partial charge in [0.25, 0.3) is 0 Å². The quantitative estimate of drug-likeness (QED) is 0.674. The lowest BCUT2D eigenvalue weighted by Gasteiger charge is -2.15. The number of fused-ring (bicyclic) bond motifs is 1. The normalized spacial score (nSPS) is 35.8. The molecule has 2 nitrogen and oxygen atoms in total. The SMILES string of the molecule is CCCCN1CC2CNCC2C1. The van der Waals surface area contributed by atoms with Gasteiger partial charge in [0.1, 0.15) is 0 Å². The summed E-state index contributed by atoms with van der Waals surface area (Å²) in [6.07, 6.45) is 2.72. The second-order valence-electron chi connectivity index (χ2n) is 4.29. The highest BCUT2D eigenvalue weighted by molar-refractivity contribution is 4.90. The predicted molar refractivity (Wildman–Crippen MR) is 51.2 cm³/mol. The Hall–Kier alpha value is -0.0800. The van der Waals surface area contributed by atoms with Crippen molar-refractivity contribution < 1.29 is 0 Å². The molecule has 0 radical (unpaired) electrons. The lowest BCUT2D eigenvalue weighted by molar-refractivity contribution is 0.308. The van der Waals surface area contributed by atoms with Crippen LogP contribution in [0.3, 0.4) is 0 Å². The van der Waals surface area contributed by atoms with Crippen molar-refractivity contribution in [1.29, 1.82) is 0 Å². The molecule has 12 heavy (non-hydrogen) atoms. The minimum Gasteiger partial charge on any atom is -0.316 e. The molecule has 2 rings (SSSR count). The summed E-state index contributed by atoms with van der Waals surface area (Å²) in [5, 5.41) is 3.47. The van der Waals surface area contributed by atoms with Crippen molar-refractivity contribution in [1.82, 2.24) is 10.2 Å². The Balaban J connectivity index is 1.75. The Morgan fingerprint density at radius 2 is 1.92 bits per heavy atom. The standard InChI is InChI=1S/C10H20N2/c1-2-3-4-12-7-9-5-11-6-10(9)8-12/h9-11H,2-8H2,1H3. The zero-order valence-corrected chi connectivity index (χ0v) is 8.05. The Labute approximate surface area is 75.3 Å². The summed E-state index contributed by atoms with van der Waals surface area (Å²) in [4.78, 5) is 2.65. The molecular weight excluding hydrogens is 148 g/mol. The predicted octanol–water partition coefficient (Wildman–Crippen LogP) is 0.938. The molecule has 0 aliphatic carbocycles. The van der Waals surface area contributed by atoms with Crippen molar-refractivity contribution in [2.24, 2.45) is 11.8 Å². The summed E-state index contributed by atoms with van der Waals surface area (Å²) in [5.74, 6) is 1.95. The van der Waals surface area contributed by atoms with Crippen molar-refractivity contribution >= 4 is 0 Å². The molecule has 2 aliphatic rings. The highest BCUT2D eigenvalue weighted by atomic mass is 15.2. The molecule has 2 saturated heterocycles. The van der Waals surface area contributed by atoms with E-state index in [1.807, 2.05) is 0 Å². The molecule has 0 amide bonds. The topological polar surface area (TPSA) is 15.3 Å². The van der Waals surface area contributed by atoms with Gasteiger partial charge in [0.05, 0.1) is 0 Å². The molecule has 0 aromatic rings. The maximum absolute atomic E-state index is 3.47. The second kappa shape index (κ2) is 3.75. The lowest BCUT2D eigenvalue weighted by atomic mass is 10.0. The Morgan fingerprint density at radius 3 is 2.50 bits per heavy atom. The largest absolute Gasteiger partial charge is 0.316 e. The third-order valence-electron chi connectivity index (χ3n) is 3.29. The Bertz CT molecular complexity index is 135. The molecule has 0 aromatic heterocycles. The van der Waals surface area contributed by atoms with Gasteiger partial charge in [-0.25, -0.2) is 0 Å². The summed E-state index contributed by atoms with van der Waals surface area (Å²) in [5.41, 5.74) is 0. The van der Waals surface area contributed by atoms with Crippen LogP contribution in [0.2, 0.25) is 0 Å². The number of rotatable bonds is 3. The molecule has 2 aliphatic heterocycles. The van der Waals surface area contributed by atoms with Crippen LogP contribution in [-0.2, 0) is 0 Å². The first-order valence-electron chi connectivity index (χ1n) is 5.33. The maximum atomic E-state index is 3.47. The van der Waals surface area contributed by atoms with E-state index in [0.717, 1.165) is 11.8 Å². The molecule has 2 atom stereocenters. The fourth-order valence-electron chi connectivity index (χ4n) is 2.52. The number of hydrogen-bond acceptors (Lipinski definition) is 2. The fraction of sp³-hybridized carbons (Fsp3) is 1.00. The molecule has 2 heterocycles. The van der Waals surface area contributed by atoms with E-state index in [1.165, 1.54) is 45.6 Å². The molecule has 70 valence electrons. The van der Waals surface area contributed by atoms with Gasteiger partial charge in [-0.15, -0.1) is 0 Å². The average molecular weight is 168 g/mol. The summed E-state index contributed by atoms with van der Waals surface area (Å²) >= 11 is 0. The van der Waals surface area contributed by atoms with Crippen LogP contribution >= 0.6 is 0 Å². The van der Waals surface area contributed by atoms with Crippen molar-refractivity contribution in [2.45, 2.75) is 19.8 Å². The Morgan fingerprint density at radius 1 is 1.25 bits per heavy atom. The first-order valence-corrected chi connectivity index (χ1v) is 5.33. The first-order chi connectivity index (χ1) is 5.90. The van der Waals surface area contributed by atoms with Crippen LogP contribution in [0.1, 0.15) is 19.8 Å². The van der Waals surface area contributed by atoms with Crippen LogP contribution in [0.15, 0.2) is 0 Å². The zero-order chi connectivity index (χ0) is 8.39. The van der Waals surface area contributed by atoms with Crippen molar-refractivity contribution in [2.75, 3.05) is 32.7 Å². The van der Waals surface area contributed by atoms with Gasteiger partial charge in [-0.1, -0.05) is 13.3 Å². The molecule has 1 N–H and O–H groups in total. The summed E-state index contributed by atoms with van der Waals surface area (Å²) in [7, 11) is 0. The highest BCUT2D eigenvalue weighted by Gasteiger charge is 2.35. The number of unbranched alkanes of at least 4 members (excludes halogenated alkanes) is 1. The monoisotopic (exact) mass is 168 g/mol. The molecule has 2 heteroatoms. The summed E-state index contributed by atoms with van der Waals surface area (Å²) < 4.78 is 0. The van der Waals surface area contributed by atoms with Crippen LogP contribution in [0.25, 0.3) is 0 Å². The second-order valence-corrected chi connectivity index (χ2v) is 4.29. The first kappa shape index (κ1) is 8.52. The smallest absolute Gasteiger partial charge is 0.00255 e. The van der Waals surface area contributed by atoms with E-state index in [-0.39, 0.29) is 0 Å². The van der Waals surface area contributed by atoms with Gasteiger partial charge < -0.3 is 10.2 Å². The molecular formula is C10H20N2. The van der Waals surface area contributed by atoms with Gasteiger partial charge in [-0.3, -0.25) is 0 Å². The van der Waals surface area contributed by atoms with Gasteiger partial charge in [0.2, 0.25) is 0 Å². The molecule has 0 aromatic carbocycles. The van der Waals surface area contributed by atoms with Crippen LogP contribution in [0.5, 0.6) is 0 Å². The summed E-state index contributed by atoms with van der Waals surface area (Å²) in [6.45, 7) is 8.87. The van der Waals surface area contributed by atoms with E-state index < -0.39 is 0 Å². The Kier molecular flexibility index (Phi) is 2.66. The maximum Gasteiger partial charge on any atom is 0.00255 e. The number of likely N-dealkylation sites (tertiary alicyclic amines) is 1. The minimum atomic E-state index is 0.974. The van der Waals surface area contributed by atoms with Crippen LogP contribution < -0.4 is 5.32 Å². The summed E-state index contributed by atoms with van der Waals surface area (Å²) in [6, 6.07) is 0. The highest BCUT2D eigenvalue weighted by Crippen LogP contribution is 2.26. The van der Waals surface area contributed by atoms with Gasteiger partial charge in [0.15, 0.2) is 0 Å². The fourth-order valence-corrected chi connectivity index (χ4v) is 2.52. The van der Waals surface area contributed by atoms with Gasteiger partial charge in [0, 0.05) is 13.1 Å². The van der Waals surface area contributed by atoms with E-state index >= 15 is 0 Å². The molecule has 0 saturated carbocycles. The van der Waals surface area contributed by atoms with Crippen LogP contribution in [-0.4, -0.2) is 37.6 Å².